The first kappa shape index (κ1) is 24.4. The maximum Gasteiger partial charge on any atom is 0.243 e. The van der Waals surface area contributed by atoms with E-state index in [1.54, 1.807) is 30.3 Å². The second-order valence-electron chi connectivity index (χ2n) is 8.13. The molecule has 3 rings (SSSR count). The molecule has 2 fully saturated rings. The summed E-state index contributed by atoms with van der Waals surface area (Å²) in [6.07, 6.45) is 9.23. The fourth-order valence-corrected chi connectivity index (χ4v) is 4.72. The number of carbonyl (C=O) groups excluding carboxylic acids is 1. The molecule has 0 bridgehead atoms. The highest BCUT2D eigenvalue weighted by Gasteiger charge is 2.26. The van der Waals surface area contributed by atoms with Gasteiger partial charge in [-0.25, -0.2) is 4.99 Å². The summed E-state index contributed by atoms with van der Waals surface area (Å²) in [6, 6.07) is 5.40. The van der Waals surface area contributed by atoms with Crippen LogP contribution in [0.1, 0.15) is 49.8 Å². The summed E-state index contributed by atoms with van der Waals surface area (Å²) in [7, 11) is 3.54. The lowest BCUT2D eigenvalue weighted by Crippen LogP contribution is -2.51. The Kier molecular flexibility index (Phi) is 10.7. The van der Waals surface area contributed by atoms with Gasteiger partial charge in [-0.1, -0.05) is 25.3 Å². The van der Waals surface area contributed by atoms with Gasteiger partial charge in [0.2, 0.25) is 5.91 Å². The Balaban J connectivity index is 0.00000300. The molecular formula is C21H36IN5OS. The van der Waals surface area contributed by atoms with Gasteiger partial charge >= 0.3 is 0 Å². The molecule has 1 aromatic rings. The lowest BCUT2D eigenvalue weighted by Gasteiger charge is -2.39. The van der Waals surface area contributed by atoms with E-state index >= 15 is 0 Å². The number of nitrogens with one attached hydrogen (secondary N) is 2. The summed E-state index contributed by atoms with van der Waals surface area (Å²) < 4.78 is 0. The molecule has 0 spiro atoms. The van der Waals surface area contributed by atoms with Crippen molar-refractivity contribution in [3.63, 3.8) is 0 Å². The van der Waals surface area contributed by atoms with E-state index in [0.717, 1.165) is 44.5 Å². The number of piperidine rings is 1. The molecule has 1 aromatic heterocycles. The van der Waals surface area contributed by atoms with Gasteiger partial charge in [0.05, 0.1) is 6.54 Å². The van der Waals surface area contributed by atoms with Crippen LogP contribution in [0.2, 0.25) is 0 Å². The Morgan fingerprint density at radius 1 is 1.21 bits per heavy atom. The monoisotopic (exact) mass is 533 g/mol. The third-order valence-electron chi connectivity index (χ3n) is 5.84. The zero-order valence-electron chi connectivity index (χ0n) is 17.7. The highest BCUT2D eigenvalue weighted by atomic mass is 127. The molecule has 0 aromatic carbocycles. The zero-order valence-corrected chi connectivity index (χ0v) is 20.9. The number of hydrogen-bond donors (Lipinski definition) is 2. The minimum absolute atomic E-state index is 0. The maximum atomic E-state index is 11.9. The van der Waals surface area contributed by atoms with Crippen molar-refractivity contribution in [3.05, 3.63) is 22.4 Å². The van der Waals surface area contributed by atoms with Gasteiger partial charge in [-0.2, -0.15) is 0 Å². The van der Waals surface area contributed by atoms with E-state index in [0.29, 0.717) is 6.04 Å². The van der Waals surface area contributed by atoms with Crippen LogP contribution in [-0.2, 0) is 11.3 Å². The first-order valence-corrected chi connectivity index (χ1v) is 11.5. The summed E-state index contributed by atoms with van der Waals surface area (Å²) in [5.74, 6) is 0.768. The molecule has 2 heterocycles. The third-order valence-corrected chi connectivity index (χ3v) is 6.72. The molecule has 2 N–H and O–H groups in total. The fraction of sp³-hybridized carbons (Fsp3) is 0.714. The molecule has 0 atom stereocenters. The number of halogens is 1. The van der Waals surface area contributed by atoms with Crippen molar-refractivity contribution in [2.75, 3.05) is 33.7 Å². The van der Waals surface area contributed by atoms with Crippen molar-refractivity contribution in [2.24, 2.45) is 4.99 Å². The lowest BCUT2D eigenvalue weighted by atomic mass is 9.92. The number of hydrogen-bond acceptors (Lipinski definition) is 4. The molecule has 2 aliphatic rings. The van der Waals surface area contributed by atoms with Crippen LogP contribution in [0.15, 0.2) is 22.5 Å². The summed E-state index contributed by atoms with van der Waals surface area (Å²) >= 11 is 1.73. The number of nitrogens with zero attached hydrogens (tertiary/aromatic N) is 3. The fourth-order valence-electron chi connectivity index (χ4n) is 4.07. The molecule has 0 radical (unpaired) electrons. The first-order valence-electron chi connectivity index (χ1n) is 10.6. The Labute approximate surface area is 196 Å². The van der Waals surface area contributed by atoms with E-state index < -0.39 is 0 Å². The van der Waals surface area contributed by atoms with Crippen molar-refractivity contribution in [1.82, 2.24) is 20.4 Å². The van der Waals surface area contributed by atoms with Crippen LogP contribution in [-0.4, -0.2) is 67.5 Å². The molecule has 0 unspecified atom stereocenters. The summed E-state index contributed by atoms with van der Waals surface area (Å²) in [5.41, 5.74) is 0. The van der Waals surface area contributed by atoms with Crippen LogP contribution in [0.25, 0.3) is 0 Å². The van der Waals surface area contributed by atoms with Gasteiger partial charge in [-0.15, -0.1) is 35.3 Å². The molecular weight excluding hydrogens is 497 g/mol. The lowest BCUT2D eigenvalue weighted by molar-refractivity contribution is -0.127. The van der Waals surface area contributed by atoms with Crippen molar-refractivity contribution in [1.29, 1.82) is 0 Å². The molecule has 1 amide bonds. The van der Waals surface area contributed by atoms with Gasteiger partial charge in [-0.05, 0) is 37.1 Å². The molecule has 29 heavy (non-hydrogen) atoms. The second kappa shape index (κ2) is 12.7. The van der Waals surface area contributed by atoms with Crippen LogP contribution in [0.5, 0.6) is 0 Å². The number of thiophene rings is 1. The average molecular weight is 534 g/mol. The van der Waals surface area contributed by atoms with Crippen molar-refractivity contribution < 1.29 is 4.79 Å². The average Bonchev–Trinajstić information content (AvgIpc) is 3.24. The summed E-state index contributed by atoms with van der Waals surface area (Å²) in [5, 5.41) is 9.07. The number of aliphatic imine (C=N–C) groups is 1. The van der Waals surface area contributed by atoms with E-state index in [1.807, 2.05) is 0 Å². The molecule has 1 aliphatic carbocycles. The van der Waals surface area contributed by atoms with Gasteiger partial charge in [0.1, 0.15) is 6.54 Å². The largest absolute Gasteiger partial charge is 0.354 e. The van der Waals surface area contributed by atoms with Crippen molar-refractivity contribution >= 4 is 47.2 Å². The number of rotatable bonds is 6. The minimum atomic E-state index is 0. The Bertz CT molecular complexity index is 623. The number of guanidine groups is 1. The second-order valence-corrected chi connectivity index (χ2v) is 9.16. The number of likely N-dealkylation sites (N-methyl/N-ethyl adjacent to an activating group) is 1. The van der Waals surface area contributed by atoms with Gasteiger partial charge in [0.15, 0.2) is 5.96 Å². The third kappa shape index (κ3) is 8.05. The zero-order chi connectivity index (χ0) is 19.8. The Morgan fingerprint density at radius 3 is 2.55 bits per heavy atom. The standard InChI is InChI=1S/C21H35N5OS.HI/c1-25(2)20(27)16-23-21(22-15-19-9-6-14-28-19)24-17-10-12-26(13-11-17)18-7-4-3-5-8-18;/h6,9,14,17-18H,3-5,7-8,10-13,15-16H2,1-2H3,(H2,22,23,24);1H. The van der Waals surface area contributed by atoms with Crippen molar-refractivity contribution in [3.8, 4) is 0 Å². The first-order chi connectivity index (χ1) is 13.6. The van der Waals surface area contributed by atoms with E-state index in [1.165, 1.54) is 37.0 Å². The van der Waals surface area contributed by atoms with Crippen LogP contribution < -0.4 is 10.6 Å². The smallest absolute Gasteiger partial charge is 0.243 e. The highest BCUT2D eigenvalue weighted by molar-refractivity contribution is 14.0. The van der Waals surface area contributed by atoms with E-state index in [-0.39, 0.29) is 36.4 Å². The minimum Gasteiger partial charge on any atom is -0.354 e. The topological polar surface area (TPSA) is 60.0 Å². The van der Waals surface area contributed by atoms with Gasteiger partial charge < -0.3 is 20.4 Å². The molecule has 8 heteroatoms. The van der Waals surface area contributed by atoms with Gasteiger partial charge in [0.25, 0.3) is 0 Å². The molecule has 1 aliphatic heterocycles. The summed E-state index contributed by atoms with van der Waals surface area (Å²) in [4.78, 5) is 22.0. The predicted octanol–water partition coefficient (Wildman–Crippen LogP) is 3.29. The summed E-state index contributed by atoms with van der Waals surface area (Å²) in [6.45, 7) is 3.24. The van der Waals surface area contributed by atoms with Crippen molar-refractivity contribution in [2.45, 2.75) is 63.6 Å². The maximum absolute atomic E-state index is 11.9. The molecule has 1 saturated heterocycles. The Morgan fingerprint density at radius 2 is 1.93 bits per heavy atom. The number of likely N-dealkylation sites (tertiary alicyclic amines) is 1. The quantitative estimate of drug-likeness (QED) is 0.335. The van der Waals surface area contributed by atoms with Crippen LogP contribution in [0.3, 0.4) is 0 Å². The van der Waals surface area contributed by atoms with E-state index in [9.17, 15) is 4.79 Å². The van der Waals surface area contributed by atoms with E-state index in [4.69, 9.17) is 0 Å². The molecule has 1 saturated carbocycles. The van der Waals surface area contributed by atoms with Crippen LogP contribution in [0.4, 0.5) is 0 Å². The Hall–Kier alpha value is -0.870. The molecule has 164 valence electrons. The predicted molar refractivity (Wildman–Crippen MR) is 132 cm³/mol. The van der Waals surface area contributed by atoms with E-state index in [2.05, 4.69) is 38.0 Å². The highest BCUT2D eigenvalue weighted by Crippen LogP contribution is 2.25. The van der Waals surface area contributed by atoms with Gasteiger partial charge in [-0.3, -0.25) is 4.79 Å². The normalized spacial score (nSPS) is 19.4. The number of amides is 1. The van der Waals surface area contributed by atoms with Crippen LogP contribution in [0, 0.1) is 0 Å². The van der Waals surface area contributed by atoms with Crippen LogP contribution >= 0.6 is 35.3 Å². The SMILES string of the molecule is CN(C)C(=O)CN=C(NCc1cccs1)NC1CCN(C2CCCCC2)CC1.I. The molecule has 6 nitrogen and oxygen atoms in total. The van der Waals surface area contributed by atoms with Gasteiger partial charge in [0, 0.05) is 44.1 Å². The number of carbonyl (C=O) groups is 1.